The van der Waals surface area contributed by atoms with E-state index in [1.165, 1.54) is 44.8 Å². The van der Waals surface area contributed by atoms with Crippen LogP contribution in [0.15, 0.2) is 48.5 Å². The molecule has 0 unspecified atom stereocenters. The van der Waals surface area contributed by atoms with Gasteiger partial charge in [0.05, 0.1) is 0 Å². The number of aryl methyl sites for hydroxylation is 6. The molecule has 1 saturated heterocycles. The molecule has 0 spiro atoms. The van der Waals surface area contributed by atoms with E-state index in [9.17, 15) is 0 Å². The van der Waals surface area contributed by atoms with Crippen molar-refractivity contribution in [1.29, 1.82) is 0 Å². The predicted octanol–water partition coefficient (Wildman–Crippen LogP) is 7.27. The third-order valence-electron chi connectivity index (χ3n) is 6.38. The van der Waals surface area contributed by atoms with E-state index in [1.807, 2.05) is 24.3 Å². The summed E-state index contributed by atoms with van der Waals surface area (Å²) in [5.41, 5.74) is 10.8. The molecule has 1 heterocycles. The third-order valence-corrected chi connectivity index (χ3v) is 11.9. The van der Waals surface area contributed by atoms with Gasteiger partial charge in [0.1, 0.15) is 0 Å². The molecule has 3 nitrogen and oxygen atoms in total. The van der Waals surface area contributed by atoms with Crippen molar-refractivity contribution in [2.45, 2.75) is 41.5 Å². The van der Waals surface area contributed by atoms with Gasteiger partial charge in [-0.05, 0) is 0 Å². The monoisotopic (exact) mass is 598 g/mol. The van der Waals surface area contributed by atoms with Crippen LogP contribution in [0, 0.1) is 41.5 Å². The van der Waals surface area contributed by atoms with Gasteiger partial charge in [0.25, 0.3) is 0 Å². The molecule has 0 aliphatic carbocycles. The van der Waals surface area contributed by atoms with Crippen molar-refractivity contribution in [3.63, 3.8) is 0 Å². The van der Waals surface area contributed by atoms with E-state index >= 15 is 0 Å². The van der Waals surface area contributed by atoms with Crippen LogP contribution in [-0.4, -0.2) is 29.2 Å². The molecule has 0 radical (unpaired) electrons. The summed E-state index contributed by atoms with van der Waals surface area (Å²) < 4.78 is 8.70. The number of anilines is 2. The van der Waals surface area contributed by atoms with Crippen LogP contribution in [0.2, 0.25) is 0 Å². The Morgan fingerprint density at radius 3 is 1.60 bits per heavy atom. The van der Waals surface area contributed by atoms with Gasteiger partial charge in [-0.15, -0.1) is 0 Å². The predicted molar refractivity (Wildman–Crippen MR) is 151 cm³/mol. The summed E-state index contributed by atoms with van der Waals surface area (Å²) in [4.78, 5) is 4.75. The molecular formula is C29H34Cl2N2ORu. The van der Waals surface area contributed by atoms with Crippen LogP contribution >= 0.6 is 19.4 Å². The van der Waals surface area contributed by atoms with Gasteiger partial charge >= 0.3 is 221 Å². The Balaban J connectivity index is 2.05. The zero-order chi connectivity index (χ0) is 25.5. The molecule has 1 aliphatic rings. The van der Waals surface area contributed by atoms with Crippen molar-refractivity contribution in [3.8, 4) is 5.75 Å². The fraction of sp³-hybridized carbons (Fsp3) is 0.310. The van der Waals surface area contributed by atoms with Gasteiger partial charge in [0.15, 0.2) is 0 Å². The molecule has 0 bridgehead atoms. The Hall–Kier alpha value is -2.00. The average molecular weight is 599 g/mol. The Labute approximate surface area is 220 Å². The second kappa shape index (κ2) is 10.2. The molecule has 0 N–H and O–H groups in total. The van der Waals surface area contributed by atoms with E-state index in [0.29, 0.717) is 0 Å². The maximum absolute atomic E-state index is 7.47. The molecule has 0 saturated carbocycles. The van der Waals surface area contributed by atoms with Crippen molar-refractivity contribution in [2.75, 3.05) is 30.0 Å². The number of methoxy groups -OCH3 is 1. The molecule has 0 amide bonds. The molecule has 1 fully saturated rings. The third kappa shape index (κ3) is 5.12. The Morgan fingerprint density at radius 1 is 0.743 bits per heavy atom. The molecule has 35 heavy (non-hydrogen) atoms. The van der Waals surface area contributed by atoms with Gasteiger partial charge in [0.2, 0.25) is 0 Å². The molecule has 3 aromatic carbocycles. The van der Waals surface area contributed by atoms with Crippen molar-refractivity contribution in [3.05, 3.63) is 87.5 Å². The molecule has 0 atom stereocenters. The summed E-state index contributed by atoms with van der Waals surface area (Å²) in [7, 11) is 16.6. The van der Waals surface area contributed by atoms with E-state index in [1.54, 1.807) is 7.11 Å². The number of nitrogens with zero attached hydrogens (tertiary/aromatic N) is 2. The van der Waals surface area contributed by atoms with Gasteiger partial charge < -0.3 is 0 Å². The topological polar surface area (TPSA) is 15.7 Å². The van der Waals surface area contributed by atoms with Crippen LogP contribution in [0.4, 0.5) is 11.4 Å². The maximum atomic E-state index is 7.47. The molecule has 188 valence electrons. The van der Waals surface area contributed by atoms with Gasteiger partial charge in [-0.2, -0.15) is 0 Å². The van der Waals surface area contributed by atoms with Crippen LogP contribution < -0.4 is 14.5 Å². The van der Waals surface area contributed by atoms with Gasteiger partial charge in [0, 0.05) is 0 Å². The fourth-order valence-corrected chi connectivity index (χ4v) is 11.3. The summed E-state index contributed by atoms with van der Waals surface area (Å²) >= 11 is -3.58. The van der Waals surface area contributed by atoms with Crippen LogP contribution in [0.5, 0.6) is 5.75 Å². The fourth-order valence-electron chi connectivity index (χ4n) is 5.31. The zero-order valence-electron chi connectivity index (χ0n) is 21.5. The molecule has 1 aliphatic heterocycles. The summed E-state index contributed by atoms with van der Waals surface area (Å²) in [5, 5.41) is 0. The first-order chi connectivity index (χ1) is 16.5. The second-order valence-corrected chi connectivity index (χ2v) is 18.6. The average Bonchev–Trinajstić information content (AvgIpc) is 3.17. The number of halogens is 2. The molecule has 4 rings (SSSR count). The van der Waals surface area contributed by atoms with Crippen molar-refractivity contribution in [1.82, 2.24) is 0 Å². The summed E-state index contributed by atoms with van der Waals surface area (Å²) in [5.74, 6) is 0.779. The minimum atomic E-state index is -3.58. The van der Waals surface area contributed by atoms with Crippen LogP contribution in [0.25, 0.3) is 0 Å². The Kier molecular flexibility index (Phi) is 7.58. The Morgan fingerprint density at radius 2 is 1.17 bits per heavy atom. The Bertz CT molecular complexity index is 1300. The number of rotatable bonds is 4. The first-order valence-electron chi connectivity index (χ1n) is 11.7. The number of hydrogen-bond donors (Lipinski definition) is 0. The SMILES string of the molecule is COc1ccccc1[CH]=[Ru]([Cl])([Cl])=[C]1N(c2c(C)cc(C)cc2C)CCN1c1c(C)cc(C)cc1C. The van der Waals surface area contributed by atoms with Crippen molar-refractivity contribution < 1.29 is 16.6 Å². The number of hydrogen-bond acceptors (Lipinski definition) is 3. The molecular weight excluding hydrogens is 564 g/mol. The second-order valence-electron chi connectivity index (χ2n) is 9.34. The first-order valence-corrected chi connectivity index (χ1v) is 18.1. The van der Waals surface area contributed by atoms with Crippen LogP contribution in [-0.2, 0) is 11.9 Å². The van der Waals surface area contributed by atoms with Gasteiger partial charge in [-0.3, -0.25) is 0 Å². The molecule has 3 aromatic rings. The van der Waals surface area contributed by atoms with Crippen LogP contribution in [0.3, 0.4) is 0 Å². The summed E-state index contributed by atoms with van der Waals surface area (Å²) in [6.45, 7) is 14.7. The summed E-state index contributed by atoms with van der Waals surface area (Å²) in [6, 6.07) is 16.9. The van der Waals surface area contributed by atoms with Gasteiger partial charge in [-0.1, -0.05) is 0 Å². The summed E-state index contributed by atoms with van der Waals surface area (Å²) in [6.07, 6.45) is 0. The molecule has 0 aromatic heterocycles. The standard InChI is InChI=1S/C21H26N2.C8H8O.2ClH.Ru/c1-14-9-16(3)20(17(4)10-14)22-7-8-23(13-22)21-18(5)11-15(2)12-19(21)6;1-7-5-3-4-6-8(7)9-2;;;/h9-12H,7-8H2,1-6H3;1,3-6H,2H3;2*1H;/q;;;;+2/p-2. The van der Waals surface area contributed by atoms with Crippen LogP contribution in [0.1, 0.15) is 38.9 Å². The minimum absolute atomic E-state index is 0.779. The van der Waals surface area contributed by atoms with E-state index in [0.717, 1.165) is 28.8 Å². The number of ether oxygens (including phenoxy) is 1. The number of benzene rings is 3. The van der Waals surface area contributed by atoms with Crippen molar-refractivity contribution >= 4 is 39.7 Å². The van der Waals surface area contributed by atoms with Gasteiger partial charge in [-0.25, -0.2) is 0 Å². The van der Waals surface area contributed by atoms with E-state index in [2.05, 4.69) is 80.2 Å². The quantitative estimate of drug-likeness (QED) is 0.294. The normalized spacial score (nSPS) is 14.5. The number of para-hydroxylation sites is 1. The van der Waals surface area contributed by atoms with E-state index < -0.39 is 11.9 Å². The first kappa shape index (κ1) is 26.1. The van der Waals surface area contributed by atoms with E-state index in [4.69, 9.17) is 24.1 Å². The zero-order valence-corrected chi connectivity index (χ0v) is 24.8. The molecule has 6 heteroatoms. The van der Waals surface area contributed by atoms with Crippen molar-refractivity contribution in [2.24, 2.45) is 0 Å². The van der Waals surface area contributed by atoms with E-state index in [-0.39, 0.29) is 0 Å².